The number of unbranched alkanes of at least 4 members (excludes halogenated alkanes) is 6. The van der Waals surface area contributed by atoms with Crippen LogP contribution in [0.2, 0.25) is 0 Å². The van der Waals surface area contributed by atoms with Crippen LogP contribution in [0.1, 0.15) is 76.4 Å². The van der Waals surface area contributed by atoms with Crippen molar-refractivity contribution in [2.24, 2.45) is 0 Å². The molecule has 0 heterocycles. The highest BCUT2D eigenvalue weighted by Crippen LogP contribution is 2.21. The van der Waals surface area contributed by atoms with Gasteiger partial charge in [0.05, 0.1) is 12.7 Å². The Balaban J connectivity index is 2.03. The fraction of sp³-hybridized carbons (Fsp3) is 0.684. The van der Waals surface area contributed by atoms with Crippen molar-refractivity contribution in [3.63, 3.8) is 0 Å². The van der Waals surface area contributed by atoms with Crippen molar-refractivity contribution < 1.29 is 18.6 Å². The molecular weight excluding hydrogens is 298 g/mol. The van der Waals surface area contributed by atoms with Crippen molar-refractivity contribution in [2.75, 3.05) is 6.61 Å². The second-order valence-electron chi connectivity index (χ2n) is 6.00. The first kappa shape index (κ1) is 19.9. The lowest BCUT2D eigenvalue weighted by Crippen LogP contribution is -2.00. The third kappa shape index (κ3) is 9.54. The lowest BCUT2D eigenvalue weighted by molar-refractivity contribution is 0.133. The fourth-order valence-electron chi connectivity index (χ4n) is 2.52. The number of benzene rings is 1. The minimum Gasteiger partial charge on any atom is -0.494 e. The van der Waals surface area contributed by atoms with Gasteiger partial charge in [-0.25, -0.2) is 8.78 Å². The molecule has 0 aliphatic rings. The van der Waals surface area contributed by atoms with Gasteiger partial charge < -0.3 is 9.84 Å². The molecule has 0 fully saturated rings. The summed E-state index contributed by atoms with van der Waals surface area (Å²) in [6, 6.07) is 7.63. The molecule has 2 nitrogen and oxygen atoms in total. The van der Waals surface area contributed by atoms with E-state index in [2.05, 4.69) is 0 Å². The Morgan fingerprint density at radius 2 is 1.65 bits per heavy atom. The zero-order valence-corrected chi connectivity index (χ0v) is 14.1. The normalized spacial score (nSPS) is 12.6. The molecule has 0 spiro atoms. The number of hydrogen-bond acceptors (Lipinski definition) is 2. The molecule has 23 heavy (non-hydrogen) atoms. The number of aliphatic hydroxyl groups is 1. The first-order valence-corrected chi connectivity index (χ1v) is 8.82. The predicted octanol–water partition coefficient (Wildman–Crippen LogP) is 5.89. The highest BCUT2D eigenvalue weighted by Gasteiger charge is 2.05. The number of hydrogen-bond donors (Lipinski definition) is 1. The maximum atomic E-state index is 12.0. The Labute approximate surface area is 138 Å². The Morgan fingerprint density at radius 1 is 1.00 bits per heavy atom. The SMILES string of the molecule is CCC(O)c1cccc(OCCCCCCCCCC(F)F)c1. The third-order valence-electron chi connectivity index (χ3n) is 3.96. The first-order valence-electron chi connectivity index (χ1n) is 8.82. The molecule has 0 radical (unpaired) electrons. The van der Waals surface area contributed by atoms with E-state index in [1.807, 2.05) is 31.2 Å². The standard InChI is InChI=1S/C19H30F2O2/c1-2-18(22)16-11-10-12-17(15-16)23-14-9-7-5-3-4-6-8-13-19(20)21/h10-12,15,18-19,22H,2-9,13-14H2,1H3. The van der Waals surface area contributed by atoms with Crippen molar-refractivity contribution in [2.45, 2.75) is 77.2 Å². The molecule has 1 unspecified atom stereocenters. The van der Waals surface area contributed by atoms with E-state index in [4.69, 9.17) is 4.74 Å². The molecule has 1 atom stereocenters. The average molecular weight is 328 g/mol. The van der Waals surface area contributed by atoms with Crippen molar-refractivity contribution in [1.29, 1.82) is 0 Å². The van der Waals surface area contributed by atoms with E-state index in [1.54, 1.807) is 0 Å². The molecule has 0 aliphatic carbocycles. The first-order chi connectivity index (χ1) is 11.1. The van der Waals surface area contributed by atoms with Gasteiger partial charge in [0.25, 0.3) is 0 Å². The van der Waals surface area contributed by atoms with Crippen molar-refractivity contribution in [3.05, 3.63) is 29.8 Å². The monoisotopic (exact) mass is 328 g/mol. The molecule has 4 heteroatoms. The van der Waals surface area contributed by atoms with Gasteiger partial charge >= 0.3 is 0 Å². The smallest absolute Gasteiger partial charge is 0.238 e. The molecule has 1 N–H and O–H groups in total. The molecule has 0 amide bonds. The molecule has 0 saturated heterocycles. The van der Waals surface area contributed by atoms with Gasteiger partial charge in [0, 0.05) is 6.42 Å². The summed E-state index contributed by atoms with van der Waals surface area (Å²) >= 11 is 0. The Morgan fingerprint density at radius 3 is 2.30 bits per heavy atom. The van der Waals surface area contributed by atoms with Gasteiger partial charge in [-0.1, -0.05) is 51.2 Å². The summed E-state index contributed by atoms with van der Waals surface area (Å²) in [5, 5.41) is 9.82. The van der Waals surface area contributed by atoms with Crippen molar-refractivity contribution in [3.8, 4) is 5.75 Å². The van der Waals surface area contributed by atoms with Gasteiger partial charge in [0.15, 0.2) is 0 Å². The van der Waals surface area contributed by atoms with Crippen LogP contribution in [0.3, 0.4) is 0 Å². The Kier molecular flexibility index (Phi) is 10.6. The summed E-state index contributed by atoms with van der Waals surface area (Å²) in [6.45, 7) is 2.63. The molecule has 0 bridgehead atoms. The quantitative estimate of drug-likeness (QED) is 0.457. The van der Waals surface area contributed by atoms with Crippen LogP contribution in [0.15, 0.2) is 24.3 Å². The minimum absolute atomic E-state index is 0.0413. The van der Waals surface area contributed by atoms with Crippen LogP contribution in [0.25, 0.3) is 0 Å². The van der Waals surface area contributed by atoms with Crippen LogP contribution in [-0.2, 0) is 0 Å². The molecule has 0 saturated carbocycles. The van der Waals surface area contributed by atoms with E-state index in [0.717, 1.165) is 49.8 Å². The molecule has 1 aromatic rings. The topological polar surface area (TPSA) is 29.5 Å². The fourth-order valence-corrected chi connectivity index (χ4v) is 2.52. The maximum Gasteiger partial charge on any atom is 0.238 e. The van der Waals surface area contributed by atoms with Crippen molar-refractivity contribution in [1.82, 2.24) is 0 Å². The van der Waals surface area contributed by atoms with Crippen LogP contribution < -0.4 is 4.74 Å². The van der Waals surface area contributed by atoms with Crippen LogP contribution >= 0.6 is 0 Å². The number of ether oxygens (including phenoxy) is 1. The average Bonchev–Trinajstić information content (AvgIpc) is 2.55. The molecule has 132 valence electrons. The lowest BCUT2D eigenvalue weighted by Gasteiger charge is -2.11. The van der Waals surface area contributed by atoms with E-state index in [0.29, 0.717) is 19.4 Å². The van der Waals surface area contributed by atoms with Gasteiger partial charge in [-0.2, -0.15) is 0 Å². The number of halogens is 2. The van der Waals surface area contributed by atoms with Crippen LogP contribution in [0, 0.1) is 0 Å². The summed E-state index contributed by atoms with van der Waals surface area (Å²) < 4.78 is 29.6. The van der Waals surface area contributed by atoms with Crippen LogP contribution in [0.4, 0.5) is 8.78 Å². The van der Waals surface area contributed by atoms with Gasteiger partial charge in [-0.05, 0) is 37.0 Å². The highest BCUT2D eigenvalue weighted by molar-refractivity contribution is 5.29. The van der Waals surface area contributed by atoms with E-state index < -0.39 is 12.5 Å². The summed E-state index contributed by atoms with van der Waals surface area (Å²) in [5.74, 6) is 0.807. The van der Waals surface area contributed by atoms with Gasteiger partial charge in [-0.3, -0.25) is 0 Å². The van der Waals surface area contributed by atoms with E-state index in [1.165, 1.54) is 0 Å². The third-order valence-corrected chi connectivity index (χ3v) is 3.96. The van der Waals surface area contributed by atoms with Gasteiger partial charge in [0.1, 0.15) is 5.75 Å². The summed E-state index contributed by atoms with van der Waals surface area (Å²) in [5.41, 5.74) is 0.897. The lowest BCUT2D eigenvalue weighted by atomic mass is 10.1. The van der Waals surface area contributed by atoms with Crippen molar-refractivity contribution >= 4 is 0 Å². The molecule has 0 aromatic heterocycles. The van der Waals surface area contributed by atoms with Crippen LogP contribution in [-0.4, -0.2) is 18.1 Å². The minimum atomic E-state index is -2.15. The molecule has 1 rings (SSSR count). The number of rotatable bonds is 13. The van der Waals surface area contributed by atoms with E-state index in [9.17, 15) is 13.9 Å². The maximum absolute atomic E-state index is 12.0. The predicted molar refractivity (Wildman–Crippen MR) is 90.1 cm³/mol. The van der Waals surface area contributed by atoms with Crippen LogP contribution in [0.5, 0.6) is 5.75 Å². The number of aliphatic hydroxyl groups excluding tert-OH is 1. The summed E-state index contributed by atoms with van der Waals surface area (Å²) in [6.07, 6.45) is 5.10. The highest BCUT2D eigenvalue weighted by atomic mass is 19.3. The second kappa shape index (κ2) is 12.3. The summed E-state index contributed by atoms with van der Waals surface area (Å²) in [7, 11) is 0. The van der Waals surface area contributed by atoms with Gasteiger partial charge in [0.2, 0.25) is 6.43 Å². The largest absolute Gasteiger partial charge is 0.494 e. The van der Waals surface area contributed by atoms with E-state index in [-0.39, 0.29) is 6.42 Å². The molecule has 0 aliphatic heterocycles. The molecular formula is C19H30F2O2. The zero-order valence-electron chi connectivity index (χ0n) is 14.1. The second-order valence-corrected chi connectivity index (χ2v) is 6.00. The Hall–Kier alpha value is -1.16. The molecule has 1 aromatic carbocycles. The van der Waals surface area contributed by atoms with E-state index >= 15 is 0 Å². The zero-order chi connectivity index (χ0) is 16.9. The summed E-state index contributed by atoms with van der Waals surface area (Å²) in [4.78, 5) is 0. The Bertz CT molecular complexity index is 410. The number of alkyl halides is 2. The van der Waals surface area contributed by atoms with Gasteiger partial charge in [-0.15, -0.1) is 0 Å².